The first-order valence-electron chi connectivity index (χ1n) is 6.67. The number of aromatic nitrogens is 3. The molecule has 0 aliphatic carbocycles. The van der Waals surface area contributed by atoms with Gasteiger partial charge in [-0.15, -0.1) is 10.2 Å². The number of nitrogens with zero attached hydrogens (tertiary/aromatic N) is 3. The van der Waals surface area contributed by atoms with Crippen molar-refractivity contribution in [1.82, 2.24) is 20.1 Å². The van der Waals surface area contributed by atoms with E-state index in [0.717, 1.165) is 31.6 Å². The van der Waals surface area contributed by atoms with Gasteiger partial charge >= 0.3 is 0 Å². The lowest BCUT2D eigenvalue weighted by Crippen LogP contribution is -2.34. The molecule has 1 fully saturated rings. The van der Waals surface area contributed by atoms with Crippen molar-refractivity contribution in [2.45, 2.75) is 30.2 Å². The molecule has 1 saturated heterocycles. The predicted molar refractivity (Wildman–Crippen MR) is 75.2 cm³/mol. The van der Waals surface area contributed by atoms with Crippen LogP contribution in [-0.2, 0) is 4.79 Å². The standard InChI is InChI=1S/C13H16N4O2S/c1-9(12(18)17-7-2-3-8-17)20-13-16-15-11(19-13)10-5-4-6-14-10/h4-6,9,14H,2-3,7-8H2,1H3. The summed E-state index contributed by atoms with van der Waals surface area (Å²) in [6.45, 7) is 3.60. The van der Waals surface area contributed by atoms with E-state index in [1.54, 1.807) is 6.20 Å². The molecule has 3 heterocycles. The monoisotopic (exact) mass is 292 g/mol. The Kier molecular flexibility index (Phi) is 3.77. The Morgan fingerprint density at radius 2 is 2.25 bits per heavy atom. The van der Waals surface area contributed by atoms with E-state index in [0.29, 0.717) is 11.1 Å². The third-order valence-corrected chi connectivity index (χ3v) is 4.20. The summed E-state index contributed by atoms with van der Waals surface area (Å²) in [5.74, 6) is 0.588. The zero-order chi connectivity index (χ0) is 13.9. The van der Waals surface area contributed by atoms with Gasteiger partial charge in [0.2, 0.25) is 5.91 Å². The second kappa shape index (κ2) is 5.70. The molecular weight excluding hydrogens is 276 g/mol. The lowest BCUT2D eigenvalue weighted by molar-refractivity contribution is -0.129. The highest BCUT2D eigenvalue weighted by molar-refractivity contribution is 8.00. The Morgan fingerprint density at radius 3 is 2.95 bits per heavy atom. The SMILES string of the molecule is CC(Sc1nnc(-c2ccc[nH]2)o1)C(=O)N1CCCC1. The lowest BCUT2D eigenvalue weighted by atomic mass is 10.4. The maximum absolute atomic E-state index is 12.2. The van der Waals surface area contributed by atoms with E-state index < -0.39 is 0 Å². The molecule has 0 radical (unpaired) electrons. The second-order valence-corrected chi connectivity index (χ2v) is 6.04. The maximum atomic E-state index is 12.2. The number of H-pyrrole nitrogens is 1. The van der Waals surface area contributed by atoms with E-state index in [9.17, 15) is 4.79 Å². The van der Waals surface area contributed by atoms with Gasteiger partial charge < -0.3 is 14.3 Å². The number of hydrogen-bond donors (Lipinski definition) is 1. The largest absolute Gasteiger partial charge is 0.410 e. The summed E-state index contributed by atoms with van der Waals surface area (Å²) in [5.41, 5.74) is 0.780. The topological polar surface area (TPSA) is 75.0 Å². The van der Waals surface area contributed by atoms with Crippen LogP contribution in [0.25, 0.3) is 11.6 Å². The first-order chi connectivity index (χ1) is 9.74. The van der Waals surface area contributed by atoms with Crippen LogP contribution in [-0.4, -0.2) is 44.3 Å². The highest BCUT2D eigenvalue weighted by Gasteiger charge is 2.25. The molecule has 1 amide bonds. The highest BCUT2D eigenvalue weighted by atomic mass is 32.2. The number of rotatable bonds is 4. The fourth-order valence-corrected chi connectivity index (χ4v) is 2.99. The fraction of sp³-hybridized carbons (Fsp3) is 0.462. The Balaban J connectivity index is 1.64. The second-order valence-electron chi connectivity index (χ2n) is 4.75. The van der Waals surface area contributed by atoms with Gasteiger partial charge in [0.1, 0.15) is 5.69 Å². The summed E-state index contributed by atoms with van der Waals surface area (Å²) in [4.78, 5) is 17.1. The maximum Gasteiger partial charge on any atom is 0.277 e. The Morgan fingerprint density at radius 1 is 1.45 bits per heavy atom. The first kappa shape index (κ1) is 13.2. The van der Waals surface area contributed by atoms with Crippen LogP contribution in [0.5, 0.6) is 0 Å². The first-order valence-corrected chi connectivity index (χ1v) is 7.55. The van der Waals surface area contributed by atoms with Gasteiger partial charge in [-0.2, -0.15) is 0 Å². The van der Waals surface area contributed by atoms with Gasteiger partial charge in [0, 0.05) is 19.3 Å². The van der Waals surface area contributed by atoms with Crippen LogP contribution < -0.4 is 0 Å². The van der Waals surface area contributed by atoms with Crippen molar-refractivity contribution in [3.63, 3.8) is 0 Å². The number of thioether (sulfide) groups is 1. The molecule has 2 aromatic rings. The summed E-state index contributed by atoms with van der Waals surface area (Å²) in [6.07, 6.45) is 3.99. The number of aromatic amines is 1. The van der Waals surface area contributed by atoms with Crippen molar-refractivity contribution < 1.29 is 9.21 Å². The van der Waals surface area contributed by atoms with E-state index in [4.69, 9.17) is 4.42 Å². The van der Waals surface area contributed by atoms with Crippen molar-refractivity contribution in [3.05, 3.63) is 18.3 Å². The summed E-state index contributed by atoms with van der Waals surface area (Å²) >= 11 is 1.31. The summed E-state index contributed by atoms with van der Waals surface area (Å²) in [5, 5.41) is 8.17. The van der Waals surface area contributed by atoms with Gasteiger partial charge in [-0.05, 0) is 31.9 Å². The van der Waals surface area contributed by atoms with Crippen molar-refractivity contribution in [1.29, 1.82) is 0 Å². The van der Waals surface area contributed by atoms with Gasteiger partial charge in [-0.1, -0.05) is 11.8 Å². The molecule has 6 nitrogen and oxygen atoms in total. The molecule has 3 rings (SSSR count). The predicted octanol–water partition coefficient (Wildman–Crippen LogP) is 2.17. The number of amides is 1. The number of carbonyl (C=O) groups excluding carboxylic acids is 1. The Hall–Kier alpha value is -1.76. The Bertz CT molecular complexity index is 575. The molecule has 0 spiro atoms. The molecule has 2 aromatic heterocycles. The van der Waals surface area contributed by atoms with Crippen molar-refractivity contribution in [2.75, 3.05) is 13.1 Å². The average molecular weight is 292 g/mol. The van der Waals surface area contributed by atoms with E-state index in [2.05, 4.69) is 15.2 Å². The quantitative estimate of drug-likeness (QED) is 0.874. The minimum Gasteiger partial charge on any atom is -0.410 e. The molecule has 1 aliphatic heterocycles. The van der Waals surface area contributed by atoms with Crippen molar-refractivity contribution in [3.8, 4) is 11.6 Å². The normalized spacial score (nSPS) is 16.6. The van der Waals surface area contributed by atoms with Crippen molar-refractivity contribution >= 4 is 17.7 Å². The minimum absolute atomic E-state index is 0.145. The van der Waals surface area contributed by atoms with E-state index in [1.165, 1.54) is 11.8 Å². The molecule has 1 N–H and O–H groups in total. The lowest BCUT2D eigenvalue weighted by Gasteiger charge is -2.18. The average Bonchev–Trinajstić information content (AvgIpc) is 3.19. The van der Waals surface area contributed by atoms with Gasteiger partial charge in [0.05, 0.1) is 5.25 Å². The number of carbonyl (C=O) groups is 1. The van der Waals surface area contributed by atoms with E-state index in [-0.39, 0.29) is 11.2 Å². The van der Waals surface area contributed by atoms with Crippen LogP contribution in [0, 0.1) is 0 Å². The third kappa shape index (κ3) is 2.72. The van der Waals surface area contributed by atoms with Crippen LogP contribution in [0.3, 0.4) is 0 Å². The zero-order valence-electron chi connectivity index (χ0n) is 11.2. The fourth-order valence-electron chi connectivity index (χ4n) is 2.23. The molecule has 7 heteroatoms. The molecule has 0 bridgehead atoms. The van der Waals surface area contributed by atoms with E-state index in [1.807, 2.05) is 24.0 Å². The van der Waals surface area contributed by atoms with Crippen LogP contribution in [0.2, 0.25) is 0 Å². The molecule has 0 saturated carbocycles. The molecule has 20 heavy (non-hydrogen) atoms. The van der Waals surface area contributed by atoms with Crippen molar-refractivity contribution in [2.24, 2.45) is 0 Å². The third-order valence-electron chi connectivity index (χ3n) is 3.28. The summed E-state index contributed by atoms with van der Waals surface area (Å²) < 4.78 is 5.55. The molecule has 0 aromatic carbocycles. The Labute approximate surface area is 120 Å². The molecular formula is C13H16N4O2S. The van der Waals surface area contributed by atoms with Crippen LogP contribution in [0.1, 0.15) is 19.8 Å². The minimum atomic E-state index is -0.204. The van der Waals surface area contributed by atoms with Gasteiger partial charge in [-0.3, -0.25) is 4.79 Å². The molecule has 1 unspecified atom stereocenters. The smallest absolute Gasteiger partial charge is 0.277 e. The van der Waals surface area contributed by atoms with Gasteiger partial charge in [0.25, 0.3) is 11.1 Å². The molecule has 1 atom stereocenters. The van der Waals surface area contributed by atoms with Crippen LogP contribution in [0.4, 0.5) is 0 Å². The van der Waals surface area contributed by atoms with Crippen LogP contribution >= 0.6 is 11.8 Å². The molecule has 106 valence electrons. The summed E-state index contributed by atoms with van der Waals surface area (Å²) in [7, 11) is 0. The number of hydrogen-bond acceptors (Lipinski definition) is 5. The van der Waals surface area contributed by atoms with Gasteiger partial charge in [-0.25, -0.2) is 0 Å². The summed E-state index contributed by atoms with van der Waals surface area (Å²) in [6, 6.07) is 3.73. The zero-order valence-corrected chi connectivity index (χ0v) is 12.0. The van der Waals surface area contributed by atoms with E-state index >= 15 is 0 Å². The van der Waals surface area contributed by atoms with Gasteiger partial charge in [0.15, 0.2) is 0 Å². The highest BCUT2D eigenvalue weighted by Crippen LogP contribution is 2.27. The van der Waals surface area contributed by atoms with Crippen LogP contribution in [0.15, 0.2) is 28.0 Å². The molecule has 1 aliphatic rings. The number of nitrogens with one attached hydrogen (secondary N) is 1. The number of likely N-dealkylation sites (tertiary alicyclic amines) is 1.